The van der Waals surface area contributed by atoms with E-state index >= 15 is 0 Å². The highest BCUT2D eigenvalue weighted by Crippen LogP contribution is 2.20. The number of hydrogen-bond donors (Lipinski definition) is 1. The normalized spacial score (nSPS) is 10.4. The third-order valence-corrected chi connectivity index (χ3v) is 5.03. The number of hydrogen-bond acceptors (Lipinski definition) is 3. The summed E-state index contributed by atoms with van der Waals surface area (Å²) >= 11 is 3.40. The average molecular weight is 467 g/mol. The molecule has 0 radical (unpaired) electrons. The standard InChI is InChI=1S/C24H23BrN2O3/c1-17-14-20(25)12-13-22(17)26-23(28)15-27(2)24(29)19-10-8-18(9-11-19)16-30-21-6-4-3-5-7-21/h3-14H,15-16H2,1-2H3,(H,26,28). The molecule has 3 aromatic carbocycles. The van der Waals surface area contributed by atoms with E-state index in [1.54, 1.807) is 19.2 Å². The SMILES string of the molecule is Cc1cc(Br)ccc1NC(=O)CN(C)C(=O)c1ccc(COc2ccccc2)cc1. The summed E-state index contributed by atoms with van der Waals surface area (Å²) in [5.41, 5.74) is 3.15. The van der Waals surface area contributed by atoms with Crippen molar-refractivity contribution in [3.05, 3.63) is 94.0 Å². The molecule has 0 aliphatic heterocycles. The molecule has 154 valence electrons. The second-order valence-corrected chi connectivity index (χ2v) is 7.88. The zero-order valence-electron chi connectivity index (χ0n) is 16.9. The van der Waals surface area contributed by atoms with Gasteiger partial charge in [-0.2, -0.15) is 0 Å². The molecule has 0 aliphatic carbocycles. The molecule has 0 spiro atoms. The van der Waals surface area contributed by atoms with E-state index in [1.807, 2.05) is 67.6 Å². The highest BCUT2D eigenvalue weighted by molar-refractivity contribution is 9.10. The summed E-state index contributed by atoms with van der Waals surface area (Å²) in [6, 6.07) is 22.4. The molecule has 0 aromatic heterocycles. The molecule has 0 saturated carbocycles. The number of carbonyl (C=O) groups excluding carboxylic acids is 2. The van der Waals surface area contributed by atoms with Gasteiger partial charge in [-0.15, -0.1) is 0 Å². The van der Waals surface area contributed by atoms with E-state index in [9.17, 15) is 9.59 Å². The van der Waals surface area contributed by atoms with Crippen LogP contribution in [0.25, 0.3) is 0 Å². The molecule has 5 nitrogen and oxygen atoms in total. The van der Waals surface area contributed by atoms with Gasteiger partial charge in [0.2, 0.25) is 5.91 Å². The van der Waals surface area contributed by atoms with E-state index in [0.717, 1.165) is 27.0 Å². The number of para-hydroxylation sites is 1. The van der Waals surface area contributed by atoms with Crippen molar-refractivity contribution < 1.29 is 14.3 Å². The summed E-state index contributed by atoms with van der Waals surface area (Å²) < 4.78 is 6.66. The Hall–Kier alpha value is -3.12. The molecule has 0 bridgehead atoms. The van der Waals surface area contributed by atoms with Crippen LogP contribution in [0.4, 0.5) is 5.69 Å². The van der Waals surface area contributed by atoms with Crippen molar-refractivity contribution in [3.8, 4) is 5.75 Å². The Morgan fingerprint density at radius 2 is 1.70 bits per heavy atom. The first-order chi connectivity index (χ1) is 14.4. The van der Waals surface area contributed by atoms with Crippen LogP contribution in [0.3, 0.4) is 0 Å². The molecule has 3 rings (SSSR count). The van der Waals surface area contributed by atoms with Gasteiger partial charge >= 0.3 is 0 Å². The summed E-state index contributed by atoms with van der Waals surface area (Å²) in [5, 5.41) is 2.85. The lowest BCUT2D eigenvalue weighted by atomic mass is 10.1. The molecule has 0 unspecified atom stereocenters. The molecule has 0 saturated heterocycles. The molecule has 0 atom stereocenters. The molecule has 3 aromatic rings. The third-order valence-electron chi connectivity index (χ3n) is 4.54. The lowest BCUT2D eigenvalue weighted by Gasteiger charge is -2.18. The Balaban J connectivity index is 1.54. The van der Waals surface area contributed by atoms with Crippen molar-refractivity contribution in [2.45, 2.75) is 13.5 Å². The van der Waals surface area contributed by atoms with Gasteiger partial charge in [-0.3, -0.25) is 9.59 Å². The van der Waals surface area contributed by atoms with E-state index in [4.69, 9.17) is 4.74 Å². The maximum Gasteiger partial charge on any atom is 0.254 e. The van der Waals surface area contributed by atoms with Gasteiger partial charge in [0.05, 0.1) is 6.54 Å². The fraction of sp³-hybridized carbons (Fsp3) is 0.167. The lowest BCUT2D eigenvalue weighted by Crippen LogP contribution is -2.35. The minimum absolute atomic E-state index is 0.0345. The monoisotopic (exact) mass is 466 g/mol. The molecule has 0 heterocycles. The first-order valence-electron chi connectivity index (χ1n) is 9.50. The number of anilines is 1. The number of benzene rings is 3. The highest BCUT2D eigenvalue weighted by atomic mass is 79.9. The topological polar surface area (TPSA) is 58.6 Å². The number of aryl methyl sites for hydroxylation is 1. The van der Waals surface area contributed by atoms with E-state index in [0.29, 0.717) is 12.2 Å². The molecule has 2 amide bonds. The number of carbonyl (C=O) groups is 2. The van der Waals surface area contributed by atoms with Crippen LogP contribution >= 0.6 is 15.9 Å². The van der Waals surface area contributed by atoms with Gasteiger partial charge in [0, 0.05) is 22.8 Å². The minimum atomic E-state index is -0.246. The van der Waals surface area contributed by atoms with Crippen LogP contribution in [0.1, 0.15) is 21.5 Å². The van der Waals surface area contributed by atoms with Crippen molar-refractivity contribution in [3.63, 3.8) is 0 Å². The van der Waals surface area contributed by atoms with Crippen molar-refractivity contribution in [2.75, 3.05) is 18.9 Å². The van der Waals surface area contributed by atoms with E-state index in [2.05, 4.69) is 21.2 Å². The maximum atomic E-state index is 12.6. The number of nitrogens with one attached hydrogen (secondary N) is 1. The van der Waals surface area contributed by atoms with Crippen molar-refractivity contribution in [2.24, 2.45) is 0 Å². The summed E-state index contributed by atoms with van der Waals surface area (Å²) in [4.78, 5) is 26.4. The second kappa shape index (κ2) is 10.1. The van der Waals surface area contributed by atoms with Crippen LogP contribution in [0.15, 0.2) is 77.3 Å². The zero-order valence-corrected chi connectivity index (χ0v) is 18.5. The van der Waals surface area contributed by atoms with Crippen LogP contribution in [0.5, 0.6) is 5.75 Å². The number of likely N-dealkylation sites (N-methyl/N-ethyl adjacent to an activating group) is 1. The van der Waals surface area contributed by atoms with Gasteiger partial charge in [0.1, 0.15) is 12.4 Å². The van der Waals surface area contributed by atoms with Crippen LogP contribution in [-0.4, -0.2) is 30.3 Å². The fourth-order valence-corrected chi connectivity index (χ4v) is 3.37. The van der Waals surface area contributed by atoms with Crippen LogP contribution in [0.2, 0.25) is 0 Å². The molecular formula is C24H23BrN2O3. The summed E-state index contributed by atoms with van der Waals surface area (Å²) in [5.74, 6) is 0.335. The van der Waals surface area contributed by atoms with Gasteiger partial charge in [0.25, 0.3) is 5.91 Å². The Bertz CT molecular complexity index is 1020. The van der Waals surface area contributed by atoms with Gasteiger partial charge < -0.3 is 15.0 Å². The average Bonchev–Trinajstić information content (AvgIpc) is 2.75. The first kappa shape index (κ1) is 21.6. The number of amides is 2. The smallest absolute Gasteiger partial charge is 0.254 e. The van der Waals surface area contributed by atoms with E-state index in [1.165, 1.54) is 4.90 Å². The maximum absolute atomic E-state index is 12.6. The molecule has 0 aliphatic rings. The Kier molecular flexibility index (Phi) is 7.25. The van der Waals surface area contributed by atoms with Gasteiger partial charge in [-0.1, -0.05) is 46.3 Å². The van der Waals surface area contributed by atoms with Gasteiger partial charge in [-0.25, -0.2) is 0 Å². The minimum Gasteiger partial charge on any atom is -0.489 e. The fourth-order valence-electron chi connectivity index (χ4n) is 2.89. The number of nitrogens with zero attached hydrogens (tertiary/aromatic N) is 1. The van der Waals surface area contributed by atoms with E-state index in [-0.39, 0.29) is 18.4 Å². The molecule has 6 heteroatoms. The Labute approximate surface area is 184 Å². The van der Waals surface area contributed by atoms with Crippen molar-refractivity contribution >= 4 is 33.4 Å². The van der Waals surface area contributed by atoms with Crippen LogP contribution in [-0.2, 0) is 11.4 Å². The quantitative estimate of drug-likeness (QED) is 0.529. The third kappa shape index (κ3) is 5.94. The lowest BCUT2D eigenvalue weighted by molar-refractivity contribution is -0.116. The van der Waals surface area contributed by atoms with Crippen LogP contribution in [0, 0.1) is 6.92 Å². The molecule has 0 fully saturated rings. The number of ether oxygens (including phenoxy) is 1. The van der Waals surface area contributed by atoms with Crippen molar-refractivity contribution in [1.82, 2.24) is 4.90 Å². The first-order valence-corrected chi connectivity index (χ1v) is 10.3. The predicted octanol–water partition coefficient (Wildman–Crippen LogP) is 5.05. The van der Waals surface area contributed by atoms with Gasteiger partial charge in [0.15, 0.2) is 0 Å². The van der Waals surface area contributed by atoms with Gasteiger partial charge in [-0.05, 0) is 60.5 Å². The molecule has 1 N–H and O–H groups in total. The van der Waals surface area contributed by atoms with Crippen molar-refractivity contribution in [1.29, 1.82) is 0 Å². The largest absolute Gasteiger partial charge is 0.489 e. The highest BCUT2D eigenvalue weighted by Gasteiger charge is 2.15. The van der Waals surface area contributed by atoms with E-state index < -0.39 is 0 Å². The molecule has 30 heavy (non-hydrogen) atoms. The second-order valence-electron chi connectivity index (χ2n) is 6.97. The number of halogens is 1. The summed E-state index contributed by atoms with van der Waals surface area (Å²) in [6.07, 6.45) is 0. The Morgan fingerprint density at radius 1 is 1.00 bits per heavy atom. The number of rotatable bonds is 7. The zero-order chi connectivity index (χ0) is 21.5. The Morgan fingerprint density at radius 3 is 2.37 bits per heavy atom. The van der Waals surface area contributed by atoms with Crippen LogP contribution < -0.4 is 10.1 Å². The molecular weight excluding hydrogens is 444 g/mol. The summed E-state index contributed by atoms with van der Waals surface area (Å²) in [7, 11) is 1.61. The summed E-state index contributed by atoms with van der Waals surface area (Å²) in [6.45, 7) is 2.30. The predicted molar refractivity (Wildman–Crippen MR) is 122 cm³/mol.